The SMILES string of the molecule is COc1ccc(C(C(=O)Nc2ccc(N3CCOCC3)cc2)N(Cc2ccc(Cl)cc2)C(=O)Cn2nnc3ccccc32)cc1. The first-order valence-electron chi connectivity index (χ1n) is 14.7. The molecule has 1 aliphatic heterocycles. The molecule has 6 rings (SSSR count). The number of aromatic nitrogens is 3. The third kappa shape index (κ3) is 7.08. The minimum atomic E-state index is -0.979. The second-order valence-electron chi connectivity index (χ2n) is 10.7. The van der Waals surface area contributed by atoms with Crippen LogP contribution >= 0.6 is 11.6 Å². The van der Waals surface area contributed by atoms with Crippen molar-refractivity contribution in [3.05, 3.63) is 113 Å². The molecule has 2 heterocycles. The Morgan fingerprint density at radius 1 is 0.956 bits per heavy atom. The zero-order valence-electron chi connectivity index (χ0n) is 24.8. The second-order valence-corrected chi connectivity index (χ2v) is 11.1. The first kappa shape index (κ1) is 30.1. The van der Waals surface area contributed by atoms with Crippen molar-refractivity contribution in [1.82, 2.24) is 19.9 Å². The molecule has 1 atom stereocenters. The topological polar surface area (TPSA) is 102 Å². The predicted octanol–water partition coefficient (Wildman–Crippen LogP) is 5.34. The van der Waals surface area contributed by atoms with E-state index in [1.165, 1.54) is 0 Å². The fourth-order valence-corrected chi connectivity index (χ4v) is 5.54. The van der Waals surface area contributed by atoms with E-state index in [1.807, 2.05) is 60.7 Å². The van der Waals surface area contributed by atoms with Crippen LogP contribution in [0.25, 0.3) is 11.0 Å². The molecule has 1 fully saturated rings. The van der Waals surface area contributed by atoms with Gasteiger partial charge in [0.05, 0.1) is 25.8 Å². The Balaban J connectivity index is 1.34. The van der Waals surface area contributed by atoms with Gasteiger partial charge in [-0.15, -0.1) is 5.10 Å². The van der Waals surface area contributed by atoms with Gasteiger partial charge in [0.1, 0.15) is 23.9 Å². The lowest BCUT2D eigenvalue weighted by atomic mass is 10.0. The highest BCUT2D eigenvalue weighted by Crippen LogP contribution is 2.29. The van der Waals surface area contributed by atoms with Crippen LogP contribution in [0, 0.1) is 0 Å². The first-order chi connectivity index (χ1) is 22.0. The van der Waals surface area contributed by atoms with Gasteiger partial charge in [-0.05, 0) is 71.8 Å². The number of morpholine rings is 1. The van der Waals surface area contributed by atoms with E-state index in [4.69, 9.17) is 21.1 Å². The van der Waals surface area contributed by atoms with E-state index in [2.05, 4.69) is 20.5 Å². The monoisotopic (exact) mass is 624 g/mol. The van der Waals surface area contributed by atoms with E-state index in [1.54, 1.807) is 53.1 Å². The van der Waals surface area contributed by atoms with E-state index in [0.29, 0.717) is 40.8 Å². The summed E-state index contributed by atoms with van der Waals surface area (Å²) in [5.41, 5.74) is 4.53. The maximum atomic E-state index is 14.2. The average Bonchev–Trinajstić information content (AvgIpc) is 3.49. The number of nitrogens with zero attached hydrogens (tertiary/aromatic N) is 5. The van der Waals surface area contributed by atoms with Gasteiger partial charge in [-0.1, -0.05) is 53.2 Å². The third-order valence-corrected chi connectivity index (χ3v) is 8.05. The van der Waals surface area contributed by atoms with Crippen molar-refractivity contribution in [2.24, 2.45) is 0 Å². The van der Waals surface area contributed by atoms with Crippen LogP contribution in [0.1, 0.15) is 17.2 Å². The van der Waals surface area contributed by atoms with Gasteiger partial charge >= 0.3 is 0 Å². The minimum absolute atomic E-state index is 0.109. The Labute approximate surface area is 266 Å². The third-order valence-electron chi connectivity index (χ3n) is 7.79. The number of benzene rings is 4. The van der Waals surface area contributed by atoms with E-state index >= 15 is 0 Å². The van der Waals surface area contributed by atoms with Crippen LogP contribution in [0.15, 0.2) is 97.1 Å². The Morgan fingerprint density at radius 3 is 2.38 bits per heavy atom. The van der Waals surface area contributed by atoms with Crippen molar-refractivity contribution < 1.29 is 19.1 Å². The number of ether oxygens (including phenoxy) is 2. The molecule has 230 valence electrons. The molecule has 11 heteroatoms. The number of anilines is 2. The summed E-state index contributed by atoms with van der Waals surface area (Å²) in [7, 11) is 1.58. The number of nitrogens with one attached hydrogen (secondary N) is 1. The second kappa shape index (κ2) is 13.8. The fourth-order valence-electron chi connectivity index (χ4n) is 5.41. The lowest BCUT2D eigenvalue weighted by Gasteiger charge is -2.32. The van der Waals surface area contributed by atoms with Crippen molar-refractivity contribution in [1.29, 1.82) is 0 Å². The molecule has 0 saturated carbocycles. The molecule has 1 N–H and O–H groups in total. The van der Waals surface area contributed by atoms with Crippen molar-refractivity contribution in [2.75, 3.05) is 43.6 Å². The maximum Gasteiger partial charge on any atom is 0.251 e. The number of hydrogen-bond donors (Lipinski definition) is 1. The molecule has 1 aliphatic rings. The Hall–Kier alpha value is -4.93. The van der Waals surface area contributed by atoms with E-state index in [9.17, 15) is 9.59 Å². The maximum absolute atomic E-state index is 14.2. The number of halogens is 1. The molecule has 10 nitrogen and oxygen atoms in total. The van der Waals surface area contributed by atoms with E-state index < -0.39 is 6.04 Å². The molecule has 0 radical (unpaired) electrons. The smallest absolute Gasteiger partial charge is 0.251 e. The van der Waals surface area contributed by atoms with Crippen LogP contribution in [0.4, 0.5) is 11.4 Å². The predicted molar refractivity (Wildman–Crippen MR) is 173 cm³/mol. The number of amides is 2. The standard InChI is InChI=1S/C34H33ClN6O4/c1-44-29-16-8-25(9-17-29)33(34(43)36-27-12-14-28(15-13-27)39-18-20-45-21-19-39)40(22-24-6-10-26(35)11-7-24)32(42)23-41-31-5-3-2-4-30(31)37-38-41/h2-17,33H,18-23H2,1H3,(H,36,43). The Morgan fingerprint density at radius 2 is 1.67 bits per heavy atom. The summed E-state index contributed by atoms with van der Waals surface area (Å²) in [6.07, 6.45) is 0. The highest BCUT2D eigenvalue weighted by atomic mass is 35.5. The van der Waals surface area contributed by atoms with E-state index in [-0.39, 0.29) is 24.9 Å². The number of para-hydroxylation sites is 1. The molecule has 1 aromatic heterocycles. The summed E-state index contributed by atoms with van der Waals surface area (Å²) in [4.78, 5) is 32.3. The van der Waals surface area contributed by atoms with Crippen molar-refractivity contribution in [3.8, 4) is 5.75 Å². The highest BCUT2D eigenvalue weighted by Gasteiger charge is 2.32. The van der Waals surface area contributed by atoms with Gasteiger partial charge in [0, 0.05) is 36.0 Å². The summed E-state index contributed by atoms with van der Waals surface area (Å²) in [6, 6.07) is 28.6. The van der Waals surface area contributed by atoms with Crippen LogP contribution in [0.5, 0.6) is 5.75 Å². The average molecular weight is 625 g/mol. The lowest BCUT2D eigenvalue weighted by molar-refractivity contribution is -0.140. The van der Waals surface area contributed by atoms with Crippen molar-refractivity contribution >= 4 is 45.8 Å². The van der Waals surface area contributed by atoms with Gasteiger partial charge in [0.15, 0.2) is 0 Å². The summed E-state index contributed by atoms with van der Waals surface area (Å²) in [5, 5.41) is 12.1. The Kier molecular flexibility index (Phi) is 9.23. The number of hydrogen-bond acceptors (Lipinski definition) is 7. The zero-order valence-corrected chi connectivity index (χ0v) is 25.6. The molecule has 0 aliphatic carbocycles. The minimum Gasteiger partial charge on any atom is -0.497 e. The molecule has 1 unspecified atom stereocenters. The fraction of sp³-hybridized carbons (Fsp3) is 0.235. The van der Waals surface area contributed by atoms with Gasteiger partial charge in [0.2, 0.25) is 5.91 Å². The van der Waals surface area contributed by atoms with Gasteiger partial charge in [0.25, 0.3) is 5.91 Å². The van der Waals surface area contributed by atoms with E-state index in [0.717, 1.165) is 29.9 Å². The number of carbonyl (C=O) groups is 2. The van der Waals surface area contributed by atoms with Gasteiger partial charge < -0.3 is 24.6 Å². The lowest BCUT2D eigenvalue weighted by Crippen LogP contribution is -2.42. The molecular weight excluding hydrogens is 592 g/mol. The first-order valence-corrected chi connectivity index (χ1v) is 15.1. The van der Waals surface area contributed by atoms with Crippen molar-refractivity contribution in [2.45, 2.75) is 19.1 Å². The summed E-state index contributed by atoms with van der Waals surface area (Å²) in [6.45, 7) is 3.04. The largest absolute Gasteiger partial charge is 0.497 e. The van der Waals surface area contributed by atoms with Crippen LogP contribution < -0.4 is 15.0 Å². The molecule has 0 bridgehead atoms. The molecule has 5 aromatic rings. The summed E-state index contributed by atoms with van der Waals surface area (Å²) < 4.78 is 12.4. The quantitative estimate of drug-likeness (QED) is 0.224. The highest BCUT2D eigenvalue weighted by molar-refractivity contribution is 6.30. The zero-order chi connectivity index (χ0) is 31.2. The van der Waals surface area contributed by atoms with Gasteiger partial charge in [-0.3, -0.25) is 9.59 Å². The van der Waals surface area contributed by atoms with Crippen LogP contribution in [-0.2, 0) is 27.4 Å². The summed E-state index contributed by atoms with van der Waals surface area (Å²) >= 11 is 6.17. The molecule has 45 heavy (non-hydrogen) atoms. The van der Waals surface area contributed by atoms with Crippen molar-refractivity contribution in [3.63, 3.8) is 0 Å². The number of methoxy groups -OCH3 is 1. The van der Waals surface area contributed by atoms with Gasteiger partial charge in [-0.2, -0.15) is 0 Å². The molecule has 2 amide bonds. The number of rotatable bonds is 10. The molecule has 4 aromatic carbocycles. The summed E-state index contributed by atoms with van der Waals surface area (Å²) in [5.74, 6) is -0.0226. The molecule has 1 saturated heterocycles. The number of carbonyl (C=O) groups excluding carboxylic acids is 2. The Bertz CT molecular complexity index is 1750. The van der Waals surface area contributed by atoms with Gasteiger partial charge in [-0.25, -0.2) is 4.68 Å². The normalized spacial score (nSPS) is 13.8. The van der Waals surface area contributed by atoms with Crippen LogP contribution in [0.3, 0.4) is 0 Å². The number of fused-ring (bicyclic) bond motifs is 1. The molecule has 0 spiro atoms. The van der Waals surface area contributed by atoms with Crippen LogP contribution in [-0.4, -0.2) is 65.1 Å². The molecular formula is C34H33ClN6O4. The van der Waals surface area contributed by atoms with Crippen LogP contribution in [0.2, 0.25) is 5.02 Å².